The second-order valence-corrected chi connectivity index (χ2v) is 20.4. The molecule has 56 heavy (non-hydrogen) atoms. The largest absolute Gasteiger partial charge is 0.380 e. The van der Waals surface area contributed by atoms with Gasteiger partial charge in [0.05, 0.1) is 0 Å². The lowest BCUT2D eigenvalue weighted by atomic mass is 10.3. The van der Waals surface area contributed by atoms with Gasteiger partial charge in [0.1, 0.15) is 46.4 Å². The second kappa shape index (κ2) is 18.7. The van der Waals surface area contributed by atoms with Crippen LogP contribution in [0.1, 0.15) is 0 Å². The summed E-state index contributed by atoms with van der Waals surface area (Å²) in [7, 11) is -15.0. The number of nitrogen functional groups attached to an aromatic ring is 1. The molecule has 0 amide bonds. The molecule has 0 spiro atoms. The fourth-order valence-corrected chi connectivity index (χ4v) is 15.8. The maximum Gasteiger partial charge on any atom is 0.175 e. The quantitative estimate of drug-likeness (QED) is 0.121. The van der Waals surface area contributed by atoms with Crippen molar-refractivity contribution in [2.24, 2.45) is 0 Å². The fourth-order valence-electron chi connectivity index (χ4n) is 6.63. The molecule has 0 fully saturated rings. The van der Waals surface area contributed by atoms with Gasteiger partial charge in [-0.3, -0.25) is 0 Å². The SMILES string of the molecule is Nc1nc(Cl)c([P+](c2ccccc2)(c2ccccc2)c2ccccc2)cc1[P+](c1ccccc1)(c1ccccc1)c1ccccc1.[O-][Cl+3]([O-])([O-])[O-].[O-][Cl+3]([O-])([O-])[O-]. The highest BCUT2D eigenvalue weighted by atomic mass is 35.7. The topological polar surface area (TPSA) is 223 Å². The van der Waals surface area contributed by atoms with Crippen molar-refractivity contribution in [3.63, 3.8) is 0 Å². The predicted molar refractivity (Wildman–Crippen MR) is 203 cm³/mol. The van der Waals surface area contributed by atoms with Crippen LogP contribution in [0.25, 0.3) is 0 Å². The van der Waals surface area contributed by atoms with Gasteiger partial charge in [-0.2, -0.15) is 0 Å². The predicted octanol–water partition coefficient (Wildman–Crippen LogP) is -2.96. The summed E-state index contributed by atoms with van der Waals surface area (Å²) < 4.78 is 67.9. The first-order valence-corrected chi connectivity index (χ1v) is 22.9. The summed E-state index contributed by atoms with van der Waals surface area (Å²) in [5.41, 5.74) is 7.09. The molecular formula is C41H33Cl3N2O8P2. The number of halogens is 3. The fraction of sp³-hybridized carbons (Fsp3) is 0. The maximum absolute atomic E-state index is 8.49. The van der Waals surface area contributed by atoms with Crippen LogP contribution in [0.15, 0.2) is 188 Å². The zero-order chi connectivity index (χ0) is 40.4. The van der Waals surface area contributed by atoms with Crippen LogP contribution in [0, 0.1) is 20.5 Å². The highest BCUT2D eigenvalue weighted by Gasteiger charge is 2.54. The molecule has 2 N–H and O–H groups in total. The Hall–Kier alpha value is -4.32. The minimum atomic E-state index is -4.94. The van der Waals surface area contributed by atoms with Crippen LogP contribution in [0.2, 0.25) is 5.15 Å². The van der Waals surface area contributed by atoms with E-state index >= 15 is 0 Å². The van der Waals surface area contributed by atoms with Crippen molar-refractivity contribution in [3.8, 4) is 0 Å². The number of hydrogen-bond donors (Lipinski definition) is 1. The lowest BCUT2D eigenvalue weighted by Crippen LogP contribution is -2.68. The van der Waals surface area contributed by atoms with Gasteiger partial charge in [-0.1, -0.05) is 121 Å². The Balaban J connectivity index is 0.000000536. The summed E-state index contributed by atoms with van der Waals surface area (Å²) in [4.78, 5) is 5.06. The van der Waals surface area contributed by atoms with E-state index < -0.39 is 35.0 Å². The average Bonchev–Trinajstić information content (AvgIpc) is 3.18. The minimum Gasteiger partial charge on any atom is -0.380 e. The molecule has 1 heterocycles. The Morgan fingerprint density at radius 1 is 0.375 bits per heavy atom. The van der Waals surface area contributed by atoms with Gasteiger partial charge < -0.3 is 5.73 Å². The molecule has 6 aromatic carbocycles. The molecule has 0 atom stereocenters. The van der Waals surface area contributed by atoms with Crippen LogP contribution in [0.4, 0.5) is 5.82 Å². The number of anilines is 1. The zero-order valence-corrected chi connectivity index (χ0v) is 33.3. The van der Waals surface area contributed by atoms with Crippen molar-refractivity contribution in [2.45, 2.75) is 0 Å². The highest BCUT2D eigenvalue weighted by molar-refractivity contribution is 8.03. The Bertz CT molecular complexity index is 1910. The van der Waals surface area contributed by atoms with Gasteiger partial charge in [0.15, 0.2) is 21.6 Å². The lowest BCUT2D eigenvalue weighted by Gasteiger charge is -2.31. The third-order valence-corrected chi connectivity index (χ3v) is 17.6. The van der Waals surface area contributed by atoms with E-state index in [0.717, 1.165) is 10.6 Å². The monoisotopic (exact) mass is 848 g/mol. The second-order valence-electron chi connectivity index (χ2n) is 11.8. The van der Waals surface area contributed by atoms with E-state index in [1.165, 1.54) is 31.8 Å². The molecule has 0 radical (unpaired) electrons. The van der Waals surface area contributed by atoms with Crippen LogP contribution in [0.3, 0.4) is 0 Å². The molecule has 1 aromatic heterocycles. The lowest BCUT2D eigenvalue weighted by molar-refractivity contribution is -2.00. The van der Waals surface area contributed by atoms with Gasteiger partial charge >= 0.3 is 0 Å². The first-order chi connectivity index (χ1) is 26.7. The molecule has 7 rings (SSSR count). The minimum absolute atomic E-state index is 0.429. The van der Waals surface area contributed by atoms with E-state index in [1.807, 2.05) is 0 Å². The molecule has 286 valence electrons. The molecule has 0 saturated heterocycles. The van der Waals surface area contributed by atoms with Crippen LogP contribution in [-0.4, -0.2) is 4.98 Å². The smallest absolute Gasteiger partial charge is 0.175 e. The number of aromatic nitrogens is 1. The van der Waals surface area contributed by atoms with Crippen molar-refractivity contribution in [1.82, 2.24) is 4.98 Å². The van der Waals surface area contributed by atoms with Gasteiger partial charge in [0.2, 0.25) is 0 Å². The van der Waals surface area contributed by atoms with Crippen LogP contribution >= 0.6 is 26.1 Å². The van der Waals surface area contributed by atoms with E-state index in [2.05, 4.69) is 188 Å². The molecule has 10 nitrogen and oxygen atoms in total. The zero-order valence-electron chi connectivity index (χ0n) is 29.2. The molecule has 0 unspecified atom stereocenters. The van der Waals surface area contributed by atoms with Crippen LogP contribution < -0.4 is 85.4 Å². The third-order valence-electron chi connectivity index (χ3n) is 8.55. The van der Waals surface area contributed by atoms with Gasteiger partial charge in [0.25, 0.3) is 0 Å². The van der Waals surface area contributed by atoms with Crippen molar-refractivity contribution in [2.75, 3.05) is 5.73 Å². The first kappa shape index (κ1) is 42.8. The third kappa shape index (κ3) is 10.2. The molecule has 0 saturated carbocycles. The van der Waals surface area contributed by atoms with Crippen LogP contribution in [-0.2, 0) is 0 Å². The number of nitrogens with zero attached hydrogens (tertiary/aromatic N) is 1. The number of nitrogens with two attached hydrogens (primary N) is 1. The van der Waals surface area contributed by atoms with Gasteiger partial charge in [0, 0.05) is 6.07 Å². The summed E-state index contributed by atoms with van der Waals surface area (Å²) in [6.45, 7) is 0. The Labute approximate surface area is 334 Å². The van der Waals surface area contributed by atoms with Crippen molar-refractivity contribution in [1.29, 1.82) is 0 Å². The average molecular weight is 850 g/mol. The van der Waals surface area contributed by atoms with Gasteiger partial charge in [-0.05, 0) is 72.8 Å². The Kier molecular flexibility index (Phi) is 14.3. The Morgan fingerprint density at radius 2 is 0.571 bits per heavy atom. The first-order valence-electron chi connectivity index (χ1n) is 16.5. The molecular weight excluding hydrogens is 817 g/mol. The normalized spacial score (nSPS) is 11.7. The number of benzene rings is 6. The highest BCUT2D eigenvalue weighted by Crippen LogP contribution is 2.59. The molecule has 0 bridgehead atoms. The summed E-state index contributed by atoms with van der Waals surface area (Å²) in [5, 5.41) is 9.65. The Morgan fingerprint density at radius 3 is 0.786 bits per heavy atom. The van der Waals surface area contributed by atoms with Crippen molar-refractivity contribution >= 4 is 74.4 Å². The van der Waals surface area contributed by atoms with Crippen molar-refractivity contribution in [3.05, 3.63) is 193 Å². The number of pyridine rings is 1. The number of hydrogen-bond acceptors (Lipinski definition) is 10. The summed E-state index contributed by atoms with van der Waals surface area (Å²) >= 11 is 7.37. The van der Waals surface area contributed by atoms with E-state index in [9.17, 15) is 0 Å². The van der Waals surface area contributed by atoms with Crippen molar-refractivity contribution < 1.29 is 57.8 Å². The standard InChI is InChI=1S/C41H33ClN2P2.2ClHO4/c42-40-38(45(32-19-7-1-8-20-32,33-21-9-2-10-22-33)34-23-11-3-12-24-34)31-39(41(43)44-40)46(35-25-13-4-14-26-35,36-27-15-5-16-28-36)37-29-17-6-18-30-37;2*2-1(3,4)5/h1-31H,(H2,43,44);2*(H,2,3,4,5)/q+2;;/p-2. The molecule has 15 heteroatoms. The van der Waals surface area contributed by atoms with E-state index in [0.29, 0.717) is 11.0 Å². The summed E-state index contributed by atoms with van der Waals surface area (Å²) in [5.74, 6) is 0.450. The van der Waals surface area contributed by atoms with E-state index in [1.54, 1.807) is 0 Å². The molecule has 0 aliphatic heterocycles. The summed E-state index contributed by atoms with van der Waals surface area (Å²) in [6, 6.07) is 66.9. The summed E-state index contributed by atoms with van der Waals surface area (Å²) in [6.07, 6.45) is 0. The molecule has 0 aliphatic carbocycles. The number of rotatable bonds is 8. The van der Waals surface area contributed by atoms with E-state index in [4.69, 9.17) is 59.6 Å². The molecule has 0 aliphatic rings. The van der Waals surface area contributed by atoms with Crippen LogP contribution in [0.5, 0.6) is 0 Å². The van der Waals surface area contributed by atoms with E-state index in [-0.39, 0.29) is 0 Å². The maximum atomic E-state index is 8.49. The molecule has 7 aromatic rings. The van der Waals surface area contributed by atoms with Gasteiger partial charge in [-0.25, -0.2) is 42.3 Å². The van der Waals surface area contributed by atoms with Gasteiger partial charge in [-0.15, -0.1) is 20.5 Å².